The Bertz CT molecular complexity index is 349. The summed E-state index contributed by atoms with van der Waals surface area (Å²) in [5, 5.41) is 0. The minimum Gasteiger partial charge on any atom is -0.462 e. The van der Waals surface area contributed by atoms with Crippen LogP contribution in [0.4, 0.5) is 0 Å². The van der Waals surface area contributed by atoms with Crippen LogP contribution < -0.4 is 0 Å². The summed E-state index contributed by atoms with van der Waals surface area (Å²) in [6, 6.07) is 0. The van der Waals surface area contributed by atoms with E-state index in [0.29, 0.717) is 0 Å². The van der Waals surface area contributed by atoms with Gasteiger partial charge in [0.25, 0.3) is 0 Å². The number of carbonyl (C=O) groups excluding carboxylic acids is 1. The van der Waals surface area contributed by atoms with Gasteiger partial charge in [0.1, 0.15) is 6.10 Å². The molecule has 0 aromatic carbocycles. The van der Waals surface area contributed by atoms with Gasteiger partial charge in [0.15, 0.2) is 0 Å². The lowest BCUT2D eigenvalue weighted by atomic mass is 9.79. The normalized spacial score (nSPS) is 30.2. The molecule has 0 spiro atoms. The van der Waals surface area contributed by atoms with E-state index >= 15 is 0 Å². The lowest BCUT2D eigenvalue weighted by Gasteiger charge is -2.31. The summed E-state index contributed by atoms with van der Waals surface area (Å²) < 4.78 is 5.90. The van der Waals surface area contributed by atoms with Crippen LogP contribution in [0.15, 0.2) is 0 Å². The Morgan fingerprint density at radius 1 is 0.720 bits per heavy atom. The van der Waals surface area contributed by atoms with Crippen LogP contribution in [0.5, 0.6) is 0 Å². The number of rotatable bonds is 10. The second-order valence-corrected chi connectivity index (χ2v) is 8.79. The van der Waals surface area contributed by atoms with E-state index < -0.39 is 0 Å². The van der Waals surface area contributed by atoms with Gasteiger partial charge in [0.2, 0.25) is 0 Å². The summed E-state index contributed by atoms with van der Waals surface area (Å²) in [6.07, 6.45) is 20.5. The molecule has 2 rings (SSSR count). The van der Waals surface area contributed by atoms with Gasteiger partial charge < -0.3 is 4.74 Å². The zero-order valence-electron chi connectivity index (χ0n) is 16.9. The standard InChI is InChI=1S/C23H42O2/c1-3-5-7-9-19-11-15-21(16-12-19)23(24)25-22-17-13-20(14-18-22)10-8-6-4-2/h19-22H,3-18H2,1-2H3/t19-,20?,21-,22?. The fourth-order valence-electron chi connectivity index (χ4n) is 4.85. The van der Waals surface area contributed by atoms with Crippen LogP contribution in [0.1, 0.15) is 117 Å². The molecule has 0 aliphatic heterocycles. The molecule has 0 aromatic heterocycles. The SMILES string of the molecule is CCCCCC1CCC(OC(=O)[C@H]2CC[C@H](CCCCC)CC2)CC1. The van der Waals surface area contributed by atoms with Gasteiger partial charge in [-0.1, -0.05) is 65.2 Å². The van der Waals surface area contributed by atoms with Gasteiger partial charge in [-0.25, -0.2) is 0 Å². The molecular weight excluding hydrogens is 308 g/mol. The van der Waals surface area contributed by atoms with Crippen LogP contribution in [0.25, 0.3) is 0 Å². The van der Waals surface area contributed by atoms with Crippen molar-refractivity contribution in [2.45, 2.75) is 123 Å². The van der Waals surface area contributed by atoms with Crippen molar-refractivity contribution in [3.8, 4) is 0 Å². The van der Waals surface area contributed by atoms with E-state index in [-0.39, 0.29) is 18.0 Å². The molecule has 2 nitrogen and oxygen atoms in total. The number of hydrogen-bond acceptors (Lipinski definition) is 2. The number of ether oxygens (including phenoxy) is 1. The Labute approximate surface area is 156 Å². The average Bonchev–Trinajstić information content (AvgIpc) is 2.64. The van der Waals surface area contributed by atoms with E-state index in [1.54, 1.807) is 0 Å². The largest absolute Gasteiger partial charge is 0.462 e. The first-order valence-corrected chi connectivity index (χ1v) is 11.4. The van der Waals surface area contributed by atoms with Crippen molar-refractivity contribution in [3.63, 3.8) is 0 Å². The molecule has 0 bridgehead atoms. The summed E-state index contributed by atoms with van der Waals surface area (Å²) in [5.74, 6) is 2.08. The third kappa shape index (κ3) is 7.71. The van der Waals surface area contributed by atoms with Gasteiger partial charge >= 0.3 is 5.97 Å². The maximum atomic E-state index is 12.5. The summed E-state index contributed by atoms with van der Waals surface area (Å²) in [5.41, 5.74) is 0. The molecule has 0 aromatic rings. The summed E-state index contributed by atoms with van der Waals surface area (Å²) in [4.78, 5) is 12.5. The molecule has 0 heterocycles. The first kappa shape index (κ1) is 20.8. The topological polar surface area (TPSA) is 26.3 Å². The lowest BCUT2D eigenvalue weighted by Crippen LogP contribution is -2.30. The van der Waals surface area contributed by atoms with Gasteiger partial charge in [0, 0.05) is 0 Å². The van der Waals surface area contributed by atoms with Crippen LogP contribution in [0, 0.1) is 17.8 Å². The maximum absolute atomic E-state index is 12.5. The zero-order valence-corrected chi connectivity index (χ0v) is 16.9. The second-order valence-electron chi connectivity index (χ2n) is 8.79. The molecule has 2 aliphatic carbocycles. The fourth-order valence-corrected chi connectivity index (χ4v) is 4.85. The Morgan fingerprint density at radius 3 is 1.68 bits per heavy atom. The van der Waals surface area contributed by atoms with E-state index in [0.717, 1.165) is 37.5 Å². The van der Waals surface area contributed by atoms with Gasteiger partial charge in [-0.3, -0.25) is 4.79 Å². The first-order chi connectivity index (χ1) is 12.2. The molecule has 25 heavy (non-hydrogen) atoms. The van der Waals surface area contributed by atoms with Crippen LogP contribution in [-0.4, -0.2) is 12.1 Å². The molecule has 0 amide bonds. The van der Waals surface area contributed by atoms with Gasteiger partial charge in [-0.15, -0.1) is 0 Å². The average molecular weight is 351 g/mol. The predicted octanol–water partition coefficient (Wildman–Crippen LogP) is 7.06. The Hall–Kier alpha value is -0.530. The number of esters is 1. The van der Waals surface area contributed by atoms with Crippen molar-refractivity contribution in [2.75, 3.05) is 0 Å². The molecule has 0 unspecified atom stereocenters. The molecule has 0 atom stereocenters. The van der Waals surface area contributed by atoms with E-state index in [4.69, 9.17) is 4.74 Å². The van der Waals surface area contributed by atoms with Crippen molar-refractivity contribution < 1.29 is 9.53 Å². The quantitative estimate of drug-likeness (QED) is 0.311. The van der Waals surface area contributed by atoms with Crippen molar-refractivity contribution in [1.82, 2.24) is 0 Å². The molecule has 2 heteroatoms. The Balaban J connectivity index is 1.58. The Morgan fingerprint density at radius 2 is 1.20 bits per heavy atom. The monoisotopic (exact) mass is 350 g/mol. The van der Waals surface area contributed by atoms with Crippen LogP contribution >= 0.6 is 0 Å². The molecule has 0 saturated heterocycles. The zero-order chi connectivity index (χ0) is 17.9. The third-order valence-electron chi connectivity index (χ3n) is 6.69. The number of carbonyl (C=O) groups is 1. The van der Waals surface area contributed by atoms with Crippen LogP contribution in [0.2, 0.25) is 0 Å². The molecule has 0 N–H and O–H groups in total. The second kappa shape index (κ2) is 12.0. The minimum absolute atomic E-state index is 0.126. The van der Waals surface area contributed by atoms with Crippen molar-refractivity contribution >= 4 is 5.97 Å². The van der Waals surface area contributed by atoms with Crippen LogP contribution in [-0.2, 0) is 9.53 Å². The predicted molar refractivity (Wildman–Crippen MR) is 106 cm³/mol. The first-order valence-electron chi connectivity index (χ1n) is 11.4. The highest BCUT2D eigenvalue weighted by molar-refractivity contribution is 5.72. The van der Waals surface area contributed by atoms with E-state index in [2.05, 4.69) is 13.8 Å². The van der Waals surface area contributed by atoms with Gasteiger partial charge in [-0.05, 0) is 63.2 Å². The van der Waals surface area contributed by atoms with Crippen LogP contribution in [0.3, 0.4) is 0 Å². The van der Waals surface area contributed by atoms with Crippen molar-refractivity contribution in [3.05, 3.63) is 0 Å². The summed E-state index contributed by atoms with van der Waals surface area (Å²) >= 11 is 0. The van der Waals surface area contributed by atoms with E-state index in [1.165, 1.54) is 77.0 Å². The molecule has 2 fully saturated rings. The van der Waals surface area contributed by atoms with E-state index in [9.17, 15) is 4.79 Å². The highest BCUT2D eigenvalue weighted by atomic mass is 16.5. The van der Waals surface area contributed by atoms with Gasteiger partial charge in [0.05, 0.1) is 5.92 Å². The molecule has 146 valence electrons. The highest BCUT2D eigenvalue weighted by Crippen LogP contribution is 2.34. The summed E-state index contributed by atoms with van der Waals surface area (Å²) in [6.45, 7) is 4.54. The minimum atomic E-state index is 0.126. The fraction of sp³-hybridized carbons (Fsp3) is 0.957. The van der Waals surface area contributed by atoms with Crippen molar-refractivity contribution in [1.29, 1.82) is 0 Å². The van der Waals surface area contributed by atoms with Crippen molar-refractivity contribution in [2.24, 2.45) is 17.8 Å². The number of hydrogen-bond donors (Lipinski definition) is 0. The number of unbranched alkanes of at least 4 members (excludes halogenated alkanes) is 4. The molecular formula is C23H42O2. The summed E-state index contributed by atoms with van der Waals surface area (Å²) in [7, 11) is 0. The third-order valence-corrected chi connectivity index (χ3v) is 6.69. The smallest absolute Gasteiger partial charge is 0.309 e. The molecule has 0 radical (unpaired) electrons. The molecule has 2 aliphatic rings. The van der Waals surface area contributed by atoms with Gasteiger partial charge in [-0.2, -0.15) is 0 Å². The maximum Gasteiger partial charge on any atom is 0.309 e. The lowest BCUT2D eigenvalue weighted by molar-refractivity contribution is -0.157. The molecule has 2 saturated carbocycles. The van der Waals surface area contributed by atoms with E-state index in [1.807, 2.05) is 0 Å². The highest BCUT2D eigenvalue weighted by Gasteiger charge is 2.30. The Kier molecular flexibility index (Phi) is 9.94.